The van der Waals surface area contributed by atoms with Crippen LogP contribution in [0.3, 0.4) is 0 Å². The van der Waals surface area contributed by atoms with E-state index < -0.39 is 0 Å². The standard InChI is InChI=1S/C14H27N5/c1-3-4-5-6-9-16-14(15)17-10-7-8-13-11-18-19(2)12-13/h11-12H,3-10H2,1-2H3,(H3,15,16,17). The number of nitrogens with zero attached hydrogens (tertiary/aromatic N) is 3. The molecule has 0 aliphatic carbocycles. The van der Waals surface area contributed by atoms with Crippen molar-refractivity contribution in [1.82, 2.24) is 15.1 Å². The van der Waals surface area contributed by atoms with Gasteiger partial charge in [0.25, 0.3) is 0 Å². The Hall–Kier alpha value is -1.52. The number of aromatic nitrogens is 2. The van der Waals surface area contributed by atoms with Gasteiger partial charge >= 0.3 is 0 Å². The van der Waals surface area contributed by atoms with Gasteiger partial charge in [0, 0.05) is 26.3 Å². The largest absolute Gasteiger partial charge is 0.370 e. The molecule has 0 radical (unpaired) electrons. The molecule has 0 bridgehead atoms. The lowest BCUT2D eigenvalue weighted by Crippen LogP contribution is -2.32. The molecule has 0 aliphatic rings. The number of guanidine groups is 1. The van der Waals surface area contributed by atoms with Crippen LogP contribution in [0.2, 0.25) is 0 Å². The molecular formula is C14H27N5. The normalized spacial score (nSPS) is 11.8. The summed E-state index contributed by atoms with van der Waals surface area (Å²) in [5.74, 6) is 0.572. The van der Waals surface area contributed by atoms with Crippen LogP contribution in [0.25, 0.3) is 0 Å². The maximum atomic E-state index is 5.79. The molecule has 0 aromatic carbocycles. The summed E-state index contributed by atoms with van der Waals surface area (Å²) >= 11 is 0. The molecule has 108 valence electrons. The highest BCUT2D eigenvalue weighted by Gasteiger charge is 1.96. The topological polar surface area (TPSA) is 68.2 Å². The van der Waals surface area contributed by atoms with E-state index >= 15 is 0 Å². The fraction of sp³-hybridized carbons (Fsp3) is 0.714. The Morgan fingerprint density at radius 1 is 1.37 bits per heavy atom. The Bertz CT molecular complexity index is 370. The lowest BCUT2D eigenvalue weighted by atomic mass is 10.2. The van der Waals surface area contributed by atoms with Crippen LogP contribution in [0, 0.1) is 0 Å². The molecule has 1 heterocycles. The predicted molar refractivity (Wildman–Crippen MR) is 80.2 cm³/mol. The zero-order valence-electron chi connectivity index (χ0n) is 12.2. The van der Waals surface area contributed by atoms with E-state index in [-0.39, 0.29) is 0 Å². The minimum Gasteiger partial charge on any atom is -0.370 e. The van der Waals surface area contributed by atoms with E-state index in [9.17, 15) is 0 Å². The van der Waals surface area contributed by atoms with Gasteiger partial charge < -0.3 is 11.1 Å². The maximum absolute atomic E-state index is 5.79. The first-order valence-electron chi connectivity index (χ1n) is 7.23. The summed E-state index contributed by atoms with van der Waals surface area (Å²) < 4.78 is 1.82. The Morgan fingerprint density at radius 2 is 2.21 bits per heavy atom. The van der Waals surface area contributed by atoms with Crippen molar-refractivity contribution in [3.05, 3.63) is 18.0 Å². The molecule has 19 heavy (non-hydrogen) atoms. The van der Waals surface area contributed by atoms with Gasteiger partial charge in [0.1, 0.15) is 0 Å². The van der Waals surface area contributed by atoms with Crippen molar-refractivity contribution in [1.29, 1.82) is 0 Å². The first-order valence-corrected chi connectivity index (χ1v) is 7.23. The van der Waals surface area contributed by atoms with E-state index in [0.717, 1.165) is 25.9 Å². The number of rotatable bonds is 9. The third-order valence-electron chi connectivity index (χ3n) is 3.00. The van der Waals surface area contributed by atoms with E-state index in [1.807, 2.05) is 24.1 Å². The number of nitrogens with two attached hydrogens (primary N) is 1. The molecule has 0 saturated carbocycles. The molecule has 1 rings (SSSR count). The van der Waals surface area contributed by atoms with Crippen molar-refractivity contribution < 1.29 is 0 Å². The molecule has 5 nitrogen and oxygen atoms in total. The van der Waals surface area contributed by atoms with E-state index in [0.29, 0.717) is 5.96 Å². The van der Waals surface area contributed by atoms with Crippen LogP contribution in [0.4, 0.5) is 0 Å². The van der Waals surface area contributed by atoms with Crippen LogP contribution >= 0.6 is 0 Å². The van der Waals surface area contributed by atoms with Crippen LogP contribution < -0.4 is 11.1 Å². The second kappa shape index (κ2) is 9.42. The molecule has 0 atom stereocenters. The van der Waals surface area contributed by atoms with Gasteiger partial charge in [-0.25, -0.2) is 0 Å². The lowest BCUT2D eigenvalue weighted by molar-refractivity contribution is 0.652. The Balaban J connectivity index is 2.04. The zero-order valence-corrected chi connectivity index (χ0v) is 12.2. The Labute approximate surface area is 116 Å². The monoisotopic (exact) mass is 265 g/mol. The summed E-state index contributed by atoms with van der Waals surface area (Å²) in [6.07, 6.45) is 10.9. The summed E-state index contributed by atoms with van der Waals surface area (Å²) in [6, 6.07) is 0. The van der Waals surface area contributed by atoms with Crippen molar-refractivity contribution in [3.63, 3.8) is 0 Å². The van der Waals surface area contributed by atoms with Crippen LogP contribution in [0.1, 0.15) is 44.6 Å². The fourth-order valence-corrected chi connectivity index (χ4v) is 1.91. The molecule has 0 unspecified atom stereocenters. The van der Waals surface area contributed by atoms with Crippen LogP contribution in [-0.2, 0) is 13.5 Å². The molecule has 0 aliphatic heterocycles. The molecule has 3 N–H and O–H groups in total. The molecule has 0 fully saturated rings. The highest BCUT2D eigenvalue weighted by Crippen LogP contribution is 2.00. The predicted octanol–water partition coefficient (Wildman–Crippen LogP) is 1.84. The Morgan fingerprint density at radius 3 is 2.89 bits per heavy atom. The van der Waals surface area contributed by atoms with Gasteiger partial charge in [-0.15, -0.1) is 0 Å². The molecule has 1 aromatic heterocycles. The SMILES string of the molecule is CCCCCCNC(N)=NCCCc1cnn(C)c1. The average molecular weight is 265 g/mol. The van der Waals surface area contributed by atoms with E-state index in [2.05, 4.69) is 22.3 Å². The van der Waals surface area contributed by atoms with Crippen LogP contribution in [0.15, 0.2) is 17.4 Å². The van der Waals surface area contributed by atoms with Crippen molar-refractivity contribution in [3.8, 4) is 0 Å². The minimum atomic E-state index is 0.572. The van der Waals surface area contributed by atoms with Gasteiger partial charge in [-0.05, 0) is 24.8 Å². The van der Waals surface area contributed by atoms with Gasteiger partial charge in [-0.1, -0.05) is 26.2 Å². The molecule has 0 saturated heterocycles. The number of aryl methyl sites for hydroxylation is 2. The summed E-state index contributed by atoms with van der Waals surface area (Å²) in [4.78, 5) is 4.32. The van der Waals surface area contributed by atoms with Crippen molar-refractivity contribution in [2.75, 3.05) is 13.1 Å². The first kappa shape index (κ1) is 15.5. The van der Waals surface area contributed by atoms with Gasteiger partial charge in [-0.2, -0.15) is 5.10 Å². The van der Waals surface area contributed by atoms with Crippen molar-refractivity contribution in [2.24, 2.45) is 17.8 Å². The summed E-state index contributed by atoms with van der Waals surface area (Å²) in [7, 11) is 1.93. The average Bonchev–Trinajstić information content (AvgIpc) is 2.80. The van der Waals surface area contributed by atoms with Crippen LogP contribution in [0.5, 0.6) is 0 Å². The molecule has 0 spiro atoms. The third kappa shape index (κ3) is 7.49. The van der Waals surface area contributed by atoms with E-state index in [1.54, 1.807) is 0 Å². The second-order valence-electron chi connectivity index (χ2n) is 4.88. The van der Waals surface area contributed by atoms with Crippen molar-refractivity contribution in [2.45, 2.75) is 45.4 Å². The molecular weight excluding hydrogens is 238 g/mol. The smallest absolute Gasteiger partial charge is 0.188 e. The summed E-state index contributed by atoms with van der Waals surface area (Å²) in [5, 5.41) is 7.29. The molecule has 1 aromatic rings. The van der Waals surface area contributed by atoms with Crippen LogP contribution in [-0.4, -0.2) is 28.8 Å². The van der Waals surface area contributed by atoms with E-state index in [1.165, 1.54) is 31.2 Å². The number of unbranched alkanes of at least 4 members (excludes halogenated alkanes) is 3. The number of aliphatic imine (C=N–C) groups is 1. The summed E-state index contributed by atoms with van der Waals surface area (Å²) in [6.45, 7) is 3.91. The van der Waals surface area contributed by atoms with Gasteiger partial charge in [0.15, 0.2) is 5.96 Å². The lowest BCUT2D eigenvalue weighted by Gasteiger charge is -2.05. The quantitative estimate of drug-likeness (QED) is 0.407. The van der Waals surface area contributed by atoms with Gasteiger partial charge in [-0.3, -0.25) is 9.67 Å². The maximum Gasteiger partial charge on any atom is 0.188 e. The number of nitrogens with one attached hydrogen (secondary N) is 1. The first-order chi connectivity index (χ1) is 9.22. The third-order valence-corrected chi connectivity index (χ3v) is 3.00. The summed E-state index contributed by atoms with van der Waals surface area (Å²) in [5.41, 5.74) is 7.05. The highest BCUT2D eigenvalue weighted by molar-refractivity contribution is 5.77. The molecule has 5 heteroatoms. The fourth-order valence-electron chi connectivity index (χ4n) is 1.91. The van der Waals surface area contributed by atoms with Gasteiger partial charge in [0.2, 0.25) is 0 Å². The zero-order chi connectivity index (χ0) is 13.9. The van der Waals surface area contributed by atoms with Gasteiger partial charge in [0.05, 0.1) is 6.20 Å². The van der Waals surface area contributed by atoms with E-state index in [4.69, 9.17) is 5.73 Å². The Kier molecular flexibility index (Phi) is 7.70. The minimum absolute atomic E-state index is 0.572. The molecule has 0 amide bonds. The van der Waals surface area contributed by atoms with Crippen molar-refractivity contribution >= 4 is 5.96 Å². The number of hydrogen-bond donors (Lipinski definition) is 2. The number of hydrogen-bond acceptors (Lipinski definition) is 2. The second-order valence-corrected chi connectivity index (χ2v) is 4.88. The highest BCUT2D eigenvalue weighted by atomic mass is 15.2.